The van der Waals surface area contributed by atoms with Crippen LogP contribution in [0.5, 0.6) is 0 Å². The molecule has 8 heteroatoms. The van der Waals surface area contributed by atoms with E-state index in [-0.39, 0.29) is 18.1 Å². The molecule has 0 saturated heterocycles. The average molecular weight is 423 g/mol. The van der Waals surface area contributed by atoms with Gasteiger partial charge in [0.05, 0.1) is 22.3 Å². The molecule has 0 atom stereocenters. The molecule has 29 heavy (non-hydrogen) atoms. The van der Waals surface area contributed by atoms with Crippen LogP contribution in [0.25, 0.3) is 26.4 Å². The molecule has 3 aromatic heterocycles. The number of thiazole rings is 2. The lowest BCUT2D eigenvalue weighted by Gasteiger charge is -2.01. The number of nitrogens with zero attached hydrogens (tertiary/aromatic N) is 3. The third-order valence-electron chi connectivity index (χ3n) is 4.56. The molecule has 5 aromatic rings. The van der Waals surface area contributed by atoms with E-state index in [0.29, 0.717) is 5.13 Å². The minimum Gasteiger partial charge on any atom is -0.302 e. The molecule has 144 valence electrons. The van der Waals surface area contributed by atoms with Crippen LogP contribution in [0.15, 0.2) is 54.0 Å². The van der Waals surface area contributed by atoms with Gasteiger partial charge >= 0.3 is 0 Å². The van der Waals surface area contributed by atoms with Gasteiger partial charge < -0.3 is 5.32 Å². The number of carbonyl (C=O) groups is 1. The molecule has 0 bridgehead atoms. The Kier molecular flexibility index (Phi) is 4.37. The Morgan fingerprint density at radius 1 is 1.17 bits per heavy atom. The maximum atomic E-state index is 13.1. The highest BCUT2D eigenvalue weighted by molar-refractivity contribution is 7.22. The van der Waals surface area contributed by atoms with Crippen molar-refractivity contribution in [1.29, 1.82) is 0 Å². The first-order valence-electron chi connectivity index (χ1n) is 8.93. The summed E-state index contributed by atoms with van der Waals surface area (Å²) in [5.74, 6) is -0.408. The largest absolute Gasteiger partial charge is 0.302 e. The maximum Gasteiger partial charge on any atom is 0.232 e. The van der Waals surface area contributed by atoms with Crippen LogP contribution in [-0.4, -0.2) is 20.3 Å². The van der Waals surface area contributed by atoms with Crippen LogP contribution < -0.4 is 5.32 Å². The zero-order valence-corrected chi connectivity index (χ0v) is 17.0. The minimum absolute atomic E-state index is 0.127. The molecule has 2 aromatic carbocycles. The molecule has 0 aliphatic carbocycles. The molecule has 3 heterocycles. The highest BCUT2D eigenvalue weighted by Gasteiger charge is 2.14. The summed E-state index contributed by atoms with van der Waals surface area (Å²) in [7, 11) is 0. The van der Waals surface area contributed by atoms with Gasteiger partial charge in [-0.05, 0) is 48.9 Å². The predicted molar refractivity (Wildman–Crippen MR) is 115 cm³/mol. The van der Waals surface area contributed by atoms with E-state index in [1.54, 1.807) is 12.1 Å². The van der Waals surface area contributed by atoms with Gasteiger partial charge in [0.1, 0.15) is 5.82 Å². The van der Waals surface area contributed by atoms with Gasteiger partial charge in [-0.3, -0.25) is 9.20 Å². The number of benzene rings is 2. The van der Waals surface area contributed by atoms with Gasteiger partial charge in [0.15, 0.2) is 10.1 Å². The number of amides is 1. The average Bonchev–Trinajstić information content (AvgIpc) is 3.37. The van der Waals surface area contributed by atoms with Crippen molar-refractivity contribution in [3.8, 4) is 11.3 Å². The first-order chi connectivity index (χ1) is 14.0. The Morgan fingerprint density at radius 2 is 2.00 bits per heavy atom. The molecule has 0 aliphatic heterocycles. The highest BCUT2D eigenvalue weighted by atomic mass is 32.1. The summed E-state index contributed by atoms with van der Waals surface area (Å²) in [4.78, 5) is 22.4. The van der Waals surface area contributed by atoms with Crippen LogP contribution in [0.4, 0.5) is 9.52 Å². The standard InChI is InChI=1S/C21H15FN4OS2/c1-12-2-7-16-18(8-12)29-20(23-16)25-19(27)9-15-11-28-21-24-17(10-26(15)21)13-3-5-14(22)6-4-13/h2-8,10-11H,9H2,1H3,(H,23,25,27). The molecule has 1 amide bonds. The van der Waals surface area contributed by atoms with E-state index >= 15 is 0 Å². The Labute approximate surface area is 173 Å². The lowest BCUT2D eigenvalue weighted by Crippen LogP contribution is -2.15. The van der Waals surface area contributed by atoms with Crippen LogP contribution in [-0.2, 0) is 11.2 Å². The molecular formula is C21H15FN4OS2. The zero-order chi connectivity index (χ0) is 20.0. The Hall–Kier alpha value is -3.10. The molecule has 5 nitrogen and oxygen atoms in total. The Bertz CT molecular complexity index is 1350. The number of hydrogen-bond donors (Lipinski definition) is 1. The van der Waals surface area contributed by atoms with Crippen molar-refractivity contribution < 1.29 is 9.18 Å². The van der Waals surface area contributed by atoms with Crippen LogP contribution >= 0.6 is 22.7 Å². The van der Waals surface area contributed by atoms with E-state index in [2.05, 4.69) is 21.4 Å². The number of rotatable bonds is 4. The lowest BCUT2D eigenvalue weighted by molar-refractivity contribution is -0.115. The summed E-state index contributed by atoms with van der Waals surface area (Å²) in [5, 5.41) is 5.42. The second-order valence-corrected chi connectivity index (χ2v) is 8.60. The third-order valence-corrected chi connectivity index (χ3v) is 6.38. The fraction of sp³-hybridized carbons (Fsp3) is 0.0952. The summed E-state index contributed by atoms with van der Waals surface area (Å²) >= 11 is 2.94. The summed E-state index contributed by atoms with van der Waals surface area (Å²) in [6.45, 7) is 2.03. The fourth-order valence-electron chi connectivity index (χ4n) is 3.13. The van der Waals surface area contributed by atoms with Gasteiger partial charge in [-0.25, -0.2) is 14.4 Å². The summed E-state index contributed by atoms with van der Waals surface area (Å²) in [6.07, 6.45) is 2.09. The van der Waals surface area contributed by atoms with Crippen LogP contribution in [0, 0.1) is 12.7 Å². The molecule has 1 N–H and O–H groups in total. The van der Waals surface area contributed by atoms with Gasteiger partial charge in [-0.1, -0.05) is 17.4 Å². The summed E-state index contributed by atoms with van der Waals surface area (Å²) < 4.78 is 16.1. The van der Waals surface area contributed by atoms with Crippen molar-refractivity contribution in [2.45, 2.75) is 13.3 Å². The zero-order valence-electron chi connectivity index (χ0n) is 15.3. The van der Waals surface area contributed by atoms with E-state index in [9.17, 15) is 9.18 Å². The van der Waals surface area contributed by atoms with E-state index in [1.165, 1.54) is 34.8 Å². The first-order valence-corrected chi connectivity index (χ1v) is 10.6. The number of carbonyl (C=O) groups excluding carboxylic acids is 1. The van der Waals surface area contributed by atoms with E-state index in [0.717, 1.165) is 37.7 Å². The van der Waals surface area contributed by atoms with Gasteiger partial charge in [-0.15, -0.1) is 11.3 Å². The smallest absolute Gasteiger partial charge is 0.232 e. The van der Waals surface area contributed by atoms with E-state index in [4.69, 9.17) is 0 Å². The van der Waals surface area contributed by atoms with Gasteiger partial charge in [-0.2, -0.15) is 0 Å². The number of halogens is 1. The SMILES string of the molecule is Cc1ccc2nc(NC(=O)Cc3csc4nc(-c5ccc(F)cc5)cn34)sc2c1. The Balaban J connectivity index is 1.36. The fourth-order valence-corrected chi connectivity index (χ4v) is 4.98. The molecule has 0 unspecified atom stereocenters. The number of nitrogens with one attached hydrogen (secondary N) is 1. The van der Waals surface area contributed by atoms with Crippen LogP contribution in [0.2, 0.25) is 0 Å². The number of fused-ring (bicyclic) bond motifs is 2. The van der Waals surface area contributed by atoms with Crippen LogP contribution in [0.3, 0.4) is 0 Å². The molecule has 0 radical (unpaired) electrons. The molecular weight excluding hydrogens is 407 g/mol. The van der Waals surface area contributed by atoms with Crippen LogP contribution in [0.1, 0.15) is 11.3 Å². The molecule has 0 saturated carbocycles. The van der Waals surface area contributed by atoms with Crippen molar-refractivity contribution in [1.82, 2.24) is 14.4 Å². The second kappa shape index (κ2) is 7.06. The minimum atomic E-state index is -0.280. The molecule has 5 rings (SSSR count). The van der Waals surface area contributed by atoms with Crippen molar-refractivity contribution in [3.05, 3.63) is 71.1 Å². The Morgan fingerprint density at radius 3 is 2.83 bits per heavy atom. The van der Waals surface area contributed by atoms with Crippen molar-refractivity contribution in [2.24, 2.45) is 0 Å². The summed E-state index contributed by atoms with van der Waals surface area (Å²) in [5.41, 5.74) is 4.48. The van der Waals surface area contributed by atoms with Crippen molar-refractivity contribution in [3.63, 3.8) is 0 Å². The predicted octanol–water partition coefficient (Wildman–Crippen LogP) is 5.30. The van der Waals surface area contributed by atoms with Crippen molar-refractivity contribution >= 4 is 48.9 Å². The molecule has 0 spiro atoms. The first kappa shape index (κ1) is 18.0. The number of imidazole rings is 1. The van der Waals surface area contributed by atoms with Crippen molar-refractivity contribution in [2.75, 3.05) is 5.32 Å². The molecule has 0 aliphatic rings. The van der Waals surface area contributed by atoms with Gasteiger partial charge in [0, 0.05) is 22.8 Å². The van der Waals surface area contributed by atoms with Gasteiger partial charge in [0.2, 0.25) is 5.91 Å². The highest BCUT2D eigenvalue weighted by Crippen LogP contribution is 2.27. The lowest BCUT2D eigenvalue weighted by atomic mass is 10.2. The van der Waals surface area contributed by atoms with Gasteiger partial charge in [0.25, 0.3) is 0 Å². The number of hydrogen-bond acceptors (Lipinski definition) is 5. The quantitative estimate of drug-likeness (QED) is 0.427. The monoisotopic (exact) mass is 422 g/mol. The number of aromatic nitrogens is 3. The molecule has 0 fully saturated rings. The normalized spacial score (nSPS) is 11.4. The third kappa shape index (κ3) is 3.52. The van der Waals surface area contributed by atoms with E-state index in [1.807, 2.05) is 35.0 Å². The maximum absolute atomic E-state index is 13.1. The number of anilines is 1. The number of aryl methyl sites for hydroxylation is 1. The topological polar surface area (TPSA) is 59.3 Å². The van der Waals surface area contributed by atoms with E-state index < -0.39 is 0 Å². The summed E-state index contributed by atoms with van der Waals surface area (Å²) in [6, 6.07) is 12.3. The second-order valence-electron chi connectivity index (χ2n) is 6.73.